The number of halogens is 1. The molecule has 7 heteroatoms. The van der Waals surface area contributed by atoms with Gasteiger partial charge in [0.05, 0.1) is 10.1 Å². The average Bonchev–Trinajstić information content (AvgIpc) is 3.12. The third-order valence-corrected chi connectivity index (χ3v) is 7.57. The minimum atomic E-state index is -3.26. The first-order chi connectivity index (χ1) is 11.5. The van der Waals surface area contributed by atoms with Gasteiger partial charge in [-0.1, -0.05) is 19.8 Å². The van der Waals surface area contributed by atoms with Crippen molar-refractivity contribution in [3.05, 3.63) is 29.8 Å². The van der Waals surface area contributed by atoms with Gasteiger partial charge in [0.1, 0.15) is 0 Å². The lowest BCUT2D eigenvalue weighted by atomic mass is 9.95. The van der Waals surface area contributed by atoms with Crippen molar-refractivity contribution in [2.75, 3.05) is 13.1 Å². The molecule has 5 nitrogen and oxygen atoms in total. The summed E-state index contributed by atoms with van der Waals surface area (Å²) in [4.78, 5) is 12.7. The number of sulfone groups is 1. The van der Waals surface area contributed by atoms with Gasteiger partial charge < -0.3 is 10.6 Å². The second-order valence-electron chi connectivity index (χ2n) is 7.03. The number of carbonyl (C=O) groups excluding carboxylic acids is 1. The van der Waals surface area contributed by atoms with Gasteiger partial charge in [0.2, 0.25) is 0 Å². The third-order valence-electron chi connectivity index (χ3n) is 5.29. The maximum atomic E-state index is 12.6. The van der Waals surface area contributed by atoms with E-state index >= 15 is 0 Å². The smallest absolute Gasteiger partial charge is 0.251 e. The van der Waals surface area contributed by atoms with Gasteiger partial charge in [-0.25, -0.2) is 8.42 Å². The van der Waals surface area contributed by atoms with E-state index in [1.165, 1.54) is 0 Å². The molecule has 1 aromatic rings. The zero-order valence-electron chi connectivity index (χ0n) is 14.5. The zero-order chi connectivity index (χ0) is 17.2. The Hall–Kier alpha value is -1.11. The lowest BCUT2D eigenvalue weighted by Crippen LogP contribution is -2.48. The molecule has 0 aromatic heterocycles. The molecule has 1 amide bonds. The Bertz CT molecular complexity index is 685. The molecule has 0 bridgehead atoms. The lowest BCUT2D eigenvalue weighted by molar-refractivity contribution is 0.0914. The molecule has 3 rings (SSSR count). The highest BCUT2D eigenvalue weighted by Crippen LogP contribution is 2.29. The lowest BCUT2D eigenvalue weighted by Gasteiger charge is -2.30. The quantitative estimate of drug-likeness (QED) is 0.833. The molecule has 1 aliphatic heterocycles. The number of nitrogens with one attached hydrogen (secondary N) is 2. The molecule has 1 heterocycles. The van der Waals surface area contributed by atoms with Crippen LogP contribution in [0.15, 0.2) is 29.2 Å². The van der Waals surface area contributed by atoms with Gasteiger partial charge in [-0.15, -0.1) is 12.4 Å². The predicted octanol–water partition coefficient (Wildman–Crippen LogP) is 2.55. The van der Waals surface area contributed by atoms with E-state index < -0.39 is 9.84 Å². The third kappa shape index (κ3) is 4.54. The molecule has 2 fully saturated rings. The highest BCUT2D eigenvalue weighted by atomic mass is 35.5. The van der Waals surface area contributed by atoms with E-state index in [4.69, 9.17) is 0 Å². The van der Waals surface area contributed by atoms with E-state index in [1.807, 2.05) is 0 Å². The van der Waals surface area contributed by atoms with Crippen molar-refractivity contribution in [1.29, 1.82) is 0 Å². The molecule has 0 spiro atoms. The van der Waals surface area contributed by atoms with Gasteiger partial charge >= 0.3 is 0 Å². The molecule has 2 aliphatic rings. The van der Waals surface area contributed by atoms with Crippen LogP contribution in [0.25, 0.3) is 0 Å². The molecular weight excluding hydrogens is 360 g/mol. The minimum Gasteiger partial charge on any atom is -0.349 e. The van der Waals surface area contributed by atoms with E-state index in [0.717, 1.165) is 45.2 Å². The number of piperidine rings is 1. The van der Waals surface area contributed by atoms with Crippen LogP contribution < -0.4 is 10.6 Å². The van der Waals surface area contributed by atoms with Crippen LogP contribution in [0.4, 0.5) is 0 Å². The maximum absolute atomic E-state index is 12.6. The SMILES string of the molecule is CC1CNCCC1NC(=O)c1ccc(S(=O)(=O)C2CCCC2)cc1.Cl. The first-order valence-electron chi connectivity index (χ1n) is 8.84. The molecule has 2 N–H and O–H groups in total. The van der Waals surface area contributed by atoms with Crippen LogP contribution >= 0.6 is 12.4 Å². The maximum Gasteiger partial charge on any atom is 0.251 e. The van der Waals surface area contributed by atoms with Crippen LogP contribution in [0.1, 0.15) is 49.4 Å². The summed E-state index contributed by atoms with van der Waals surface area (Å²) >= 11 is 0. The van der Waals surface area contributed by atoms with Crippen LogP contribution in [0.2, 0.25) is 0 Å². The van der Waals surface area contributed by atoms with Gasteiger partial charge in [-0.3, -0.25) is 4.79 Å². The highest BCUT2D eigenvalue weighted by Gasteiger charge is 2.30. The van der Waals surface area contributed by atoms with Crippen LogP contribution in [-0.4, -0.2) is 38.7 Å². The van der Waals surface area contributed by atoms with Gasteiger partial charge in [0, 0.05) is 11.6 Å². The normalized spacial score (nSPS) is 24.5. The molecule has 140 valence electrons. The number of hydrogen-bond donors (Lipinski definition) is 2. The second-order valence-corrected chi connectivity index (χ2v) is 9.25. The first kappa shape index (κ1) is 20.2. The minimum absolute atomic E-state index is 0. The average molecular weight is 387 g/mol. The van der Waals surface area contributed by atoms with E-state index in [2.05, 4.69) is 17.6 Å². The highest BCUT2D eigenvalue weighted by molar-refractivity contribution is 7.92. The van der Waals surface area contributed by atoms with Crippen LogP contribution in [0.3, 0.4) is 0 Å². The summed E-state index contributed by atoms with van der Waals surface area (Å²) in [5.74, 6) is 0.267. The molecule has 2 unspecified atom stereocenters. The topological polar surface area (TPSA) is 75.3 Å². The summed E-state index contributed by atoms with van der Waals surface area (Å²) in [5, 5.41) is 6.12. The summed E-state index contributed by atoms with van der Waals surface area (Å²) in [7, 11) is -3.26. The Morgan fingerprint density at radius 1 is 1.12 bits per heavy atom. The van der Waals surface area contributed by atoms with Gasteiger partial charge in [-0.05, 0) is 62.5 Å². The fraction of sp³-hybridized carbons (Fsp3) is 0.611. The van der Waals surface area contributed by atoms with Crippen LogP contribution in [0, 0.1) is 5.92 Å². The van der Waals surface area contributed by atoms with Gasteiger partial charge in [-0.2, -0.15) is 0 Å². The summed E-state index contributed by atoms with van der Waals surface area (Å²) in [6.07, 6.45) is 4.38. The van der Waals surface area contributed by atoms with Crippen molar-refractivity contribution in [3.8, 4) is 0 Å². The van der Waals surface area contributed by atoms with Gasteiger partial charge in [0.15, 0.2) is 9.84 Å². The number of hydrogen-bond acceptors (Lipinski definition) is 4. The molecule has 2 atom stereocenters. The Morgan fingerprint density at radius 3 is 2.36 bits per heavy atom. The molecule has 1 saturated heterocycles. The molecule has 1 saturated carbocycles. The summed E-state index contributed by atoms with van der Waals surface area (Å²) in [6.45, 7) is 3.94. The Labute approximate surface area is 156 Å². The summed E-state index contributed by atoms with van der Waals surface area (Å²) in [5.41, 5.74) is 0.520. The molecule has 1 aliphatic carbocycles. The fourth-order valence-electron chi connectivity index (χ4n) is 3.67. The molecular formula is C18H27ClN2O3S. The Balaban J connectivity index is 0.00000225. The van der Waals surface area contributed by atoms with Crippen molar-refractivity contribution in [1.82, 2.24) is 10.6 Å². The van der Waals surface area contributed by atoms with Crippen molar-refractivity contribution in [2.45, 2.75) is 55.2 Å². The van der Waals surface area contributed by atoms with E-state index in [9.17, 15) is 13.2 Å². The van der Waals surface area contributed by atoms with E-state index in [1.54, 1.807) is 24.3 Å². The van der Waals surface area contributed by atoms with Crippen molar-refractivity contribution in [2.24, 2.45) is 5.92 Å². The summed E-state index contributed by atoms with van der Waals surface area (Å²) < 4.78 is 25.1. The first-order valence-corrected chi connectivity index (χ1v) is 10.4. The Morgan fingerprint density at radius 2 is 1.76 bits per heavy atom. The van der Waals surface area contributed by atoms with Crippen molar-refractivity contribution < 1.29 is 13.2 Å². The molecule has 1 aromatic carbocycles. The number of amides is 1. The monoisotopic (exact) mass is 386 g/mol. The fourth-order valence-corrected chi connectivity index (χ4v) is 5.52. The standard InChI is InChI=1S/C18H26N2O3S.ClH/c1-13-12-19-11-10-17(13)20-18(21)14-6-8-16(9-7-14)24(22,23)15-4-2-3-5-15;/h6-9,13,15,17,19H,2-5,10-12H2,1H3,(H,20,21);1H. The van der Waals surface area contributed by atoms with Crippen LogP contribution in [0.5, 0.6) is 0 Å². The van der Waals surface area contributed by atoms with Gasteiger partial charge in [0.25, 0.3) is 5.91 Å². The van der Waals surface area contributed by atoms with Crippen molar-refractivity contribution >= 4 is 28.2 Å². The Kier molecular flexibility index (Phi) is 6.88. The largest absolute Gasteiger partial charge is 0.349 e. The number of benzene rings is 1. The van der Waals surface area contributed by atoms with E-state index in [0.29, 0.717) is 16.4 Å². The van der Waals surface area contributed by atoms with Crippen LogP contribution in [-0.2, 0) is 9.84 Å². The number of rotatable bonds is 4. The zero-order valence-corrected chi connectivity index (χ0v) is 16.2. The second kappa shape index (κ2) is 8.52. The predicted molar refractivity (Wildman–Crippen MR) is 101 cm³/mol. The van der Waals surface area contributed by atoms with E-state index in [-0.39, 0.29) is 29.6 Å². The van der Waals surface area contributed by atoms with Crippen molar-refractivity contribution in [3.63, 3.8) is 0 Å². The number of carbonyl (C=O) groups is 1. The summed E-state index contributed by atoms with van der Waals surface area (Å²) in [6, 6.07) is 6.58. The molecule has 0 radical (unpaired) electrons. The molecule has 25 heavy (non-hydrogen) atoms.